The van der Waals surface area contributed by atoms with E-state index in [9.17, 15) is 9.59 Å². The molecule has 0 radical (unpaired) electrons. The summed E-state index contributed by atoms with van der Waals surface area (Å²) in [7, 11) is 1.59. The van der Waals surface area contributed by atoms with Crippen LogP contribution in [0.2, 0.25) is 0 Å². The van der Waals surface area contributed by atoms with E-state index in [4.69, 9.17) is 9.15 Å². The number of nitrogens with zero attached hydrogens (tertiary/aromatic N) is 1. The van der Waals surface area contributed by atoms with Gasteiger partial charge < -0.3 is 19.4 Å². The molecule has 0 fully saturated rings. The molecule has 0 atom stereocenters. The molecule has 2 amide bonds. The number of benzene rings is 1. The van der Waals surface area contributed by atoms with Gasteiger partial charge in [-0.15, -0.1) is 0 Å². The molecule has 0 saturated carbocycles. The van der Waals surface area contributed by atoms with Crippen molar-refractivity contribution in [3.8, 4) is 5.75 Å². The van der Waals surface area contributed by atoms with E-state index >= 15 is 0 Å². The summed E-state index contributed by atoms with van der Waals surface area (Å²) in [6.45, 7) is 9.78. The third-order valence-electron chi connectivity index (χ3n) is 3.86. The number of furan rings is 1. The maximum atomic E-state index is 12.8. The van der Waals surface area contributed by atoms with Gasteiger partial charge in [0.05, 0.1) is 13.7 Å². The van der Waals surface area contributed by atoms with Crippen LogP contribution in [0.15, 0.2) is 22.6 Å². The molecule has 25 heavy (non-hydrogen) atoms. The lowest BCUT2D eigenvalue weighted by atomic mass is 10.1. The summed E-state index contributed by atoms with van der Waals surface area (Å²) in [6.07, 6.45) is 0. The number of ether oxygens (including phenoxy) is 1. The monoisotopic (exact) mass is 346 g/mol. The van der Waals surface area contributed by atoms with Crippen LogP contribution in [0.5, 0.6) is 5.75 Å². The number of hydrogen-bond acceptors (Lipinski definition) is 4. The molecule has 0 bridgehead atoms. The summed E-state index contributed by atoms with van der Waals surface area (Å²) < 4.78 is 11.0. The zero-order valence-electron chi connectivity index (χ0n) is 15.7. The van der Waals surface area contributed by atoms with E-state index in [0.29, 0.717) is 17.9 Å². The van der Waals surface area contributed by atoms with Crippen molar-refractivity contribution in [2.75, 3.05) is 20.2 Å². The van der Waals surface area contributed by atoms with E-state index in [1.165, 1.54) is 4.90 Å². The number of rotatable bonds is 5. The molecule has 0 saturated heterocycles. The molecule has 0 spiro atoms. The number of carbonyl (C=O) groups excluding carboxylic acids is 2. The van der Waals surface area contributed by atoms with Gasteiger partial charge in [-0.2, -0.15) is 0 Å². The Morgan fingerprint density at radius 2 is 1.96 bits per heavy atom. The number of fused-ring (bicyclic) bond motifs is 1. The topological polar surface area (TPSA) is 71.8 Å². The van der Waals surface area contributed by atoms with Gasteiger partial charge in [-0.3, -0.25) is 9.59 Å². The quantitative estimate of drug-likeness (QED) is 0.903. The number of methoxy groups -OCH3 is 1. The van der Waals surface area contributed by atoms with Crippen LogP contribution in [-0.4, -0.2) is 42.5 Å². The lowest BCUT2D eigenvalue weighted by molar-refractivity contribution is -0.123. The van der Waals surface area contributed by atoms with Crippen LogP contribution < -0.4 is 10.1 Å². The fraction of sp³-hybridized carbons (Fsp3) is 0.474. The van der Waals surface area contributed by atoms with Crippen molar-refractivity contribution in [2.24, 2.45) is 0 Å². The fourth-order valence-corrected chi connectivity index (χ4v) is 2.63. The minimum Gasteiger partial charge on any atom is -0.497 e. The highest BCUT2D eigenvalue weighted by Gasteiger charge is 2.25. The van der Waals surface area contributed by atoms with Crippen molar-refractivity contribution in [3.05, 3.63) is 29.5 Å². The highest BCUT2D eigenvalue weighted by molar-refractivity contribution is 6.00. The van der Waals surface area contributed by atoms with Gasteiger partial charge >= 0.3 is 0 Å². The minimum atomic E-state index is -0.342. The Hall–Kier alpha value is -2.50. The van der Waals surface area contributed by atoms with Gasteiger partial charge in [-0.05, 0) is 52.8 Å². The molecule has 2 rings (SSSR count). The second kappa shape index (κ2) is 7.17. The molecule has 0 unspecified atom stereocenters. The zero-order chi connectivity index (χ0) is 18.8. The molecule has 1 heterocycles. The van der Waals surface area contributed by atoms with Crippen molar-refractivity contribution in [1.82, 2.24) is 10.2 Å². The molecule has 6 nitrogen and oxygen atoms in total. The molecular weight excluding hydrogens is 320 g/mol. The molecule has 1 aromatic heterocycles. The van der Waals surface area contributed by atoms with E-state index in [0.717, 1.165) is 10.9 Å². The smallest absolute Gasteiger partial charge is 0.290 e. The normalized spacial score (nSPS) is 11.4. The Kier molecular flexibility index (Phi) is 5.40. The Morgan fingerprint density at radius 3 is 2.52 bits per heavy atom. The maximum absolute atomic E-state index is 12.8. The van der Waals surface area contributed by atoms with Gasteiger partial charge in [0.25, 0.3) is 5.91 Å². The van der Waals surface area contributed by atoms with Gasteiger partial charge in [0.15, 0.2) is 5.76 Å². The number of aryl methyl sites for hydroxylation is 1. The first-order chi connectivity index (χ1) is 11.7. The second-order valence-corrected chi connectivity index (χ2v) is 7.04. The molecule has 1 aromatic carbocycles. The fourth-order valence-electron chi connectivity index (χ4n) is 2.63. The first kappa shape index (κ1) is 18.8. The third-order valence-corrected chi connectivity index (χ3v) is 3.86. The van der Waals surface area contributed by atoms with E-state index in [1.807, 2.05) is 40.7 Å². The van der Waals surface area contributed by atoms with Crippen LogP contribution in [0.4, 0.5) is 0 Å². The van der Waals surface area contributed by atoms with Crippen LogP contribution in [0.3, 0.4) is 0 Å². The van der Waals surface area contributed by atoms with Gasteiger partial charge in [0, 0.05) is 23.0 Å². The van der Waals surface area contributed by atoms with Gasteiger partial charge in [0.1, 0.15) is 11.3 Å². The summed E-state index contributed by atoms with van der Waals surface area (Å²) >= 11 is 0. The van der Waals surface area contributed by atoms with Crippen LogP contribution in [-0.2, 0) is 4.79 Å². The molecule has 0 aliphatic rings. The summed E-state index contributed by atoms with van der Waals surface area (Å²) in [5.74, 6) is 0.471. The second-order valence-electron chi connectivity index (χ2n) is 7.04. The number of amides is 2. The van der Waals surface area contributed by atoms with Crippen LogP contribution >= 0.6 is 0 Å². The van der Waals surface area contributed by atoms with Crippen LogP contribution in [0.1, 0.15) is 43.8 Å². The average molecular weight is 346 g/mol. The molecule has 6 heteroatoms. The van der Waals surface area contributed by atoms with Crippen LogP contribution in [0, 0.1) is 6.92 Å². The van der Waals surface area contributed by atoms with Crippen molar-refractivity contribution >= 4 is 22.8 Å². The molecule has 0 aliphatic carbocycles. The lowest BCUT2D eigenvalue weighted by Crippen LogP contribution is -2.47. The highest BCUT2D eigenvalue weighted by Crippen LogP contribution is 2.29. The summed E-state index contributed by atoms with van der Waals surface area (Å²) in [5.41, 5.74) is 1.02. The SMILES string of the molecule is CCN(CC(=O)NC(C)(C)C)C(=O)c1oc2ccc(OC)cc2c1C. The lowest BCUT2D eigenvalue weighted by Gasteiger charge is -2.24. The molecule has 136 valence electrons. The Balaban J connectivity index is 2.27. The van der Waals surface area contributed by atoms with Crippen molar-refractivity contribution < 1.29 is 18.7 Å². The van der Waals surface area contributed by atoms with Crippen molar-refractivity contribution in [2.45, 2.75) is 40.2 Å². The largest absolute Gasteiger partial charge is 0.497 e. The first-order valence-electron chi connectivity index (χ1n) is 8.33. The maximum Gasteiger partial charge on any atom is 0.290 e. The van der Waals surface area contributed by atoms with Crippen molar-refractivity contribution in [3.63, 3.8) is 0 Å². The molecule has 2 aromatic rings. The Bertz CT molecular complexity index is 787. The predicted molar refractivity (Wildman–Crippen MR) is 97.0 cm³/mol. The van der Waals surface area contributed by atoms with E-state index < -0.39 is 0 Å². The van der Waals surface area contributed by atoms with Crippen LogP contribution in [0.25, 0.3) is 11.0 Å². The molecule has 1 N–H and O–H groups in total. The standard InChI is InChI=1S/C19H26N2O4/c1-7-21(11-16(22)20-19(3,4)5)18(23)17-12(2)14-10-13(24-6)8-9-15(14)25-17/h8-10H,7,11H2,1-6H3,(H,20,22). The van der Waals surface area contributed by atoms with Gasteiger partial charge in [-0.25, -0.2) is 0 Å². The number of carbonyl (C=O) groups is 2. The van der Waals surface area contributed by atoms with Crippen molar-refractivity contribution in [1.29, 1.82) is 0 Å². The zero-order valence-corrected chi connectivity index (χ0v) is 15.7. The third kappa shape index (κ3) is 4.32. The number of likely N-dealkylation sites (N-methyl/N-ethyl adjacent to an activating group) is 1. The Morgan fingerprint density at radius 1 is 1.28 bits per heavy atom. The number of hydrogen-bond donors (Lipinski definition) is 1. The van der Waals surface area contributed by atoms with Gasteiger partial charge in [-0.1, -0.05) is 0 Å². The highest BCUT2D eigenvalue weighted by atomic mass is 16.5. The van der Waals surface area contributed by atoms with Gasteiger partial charge in [0.2, 0.25) is 5.91 Å². The summed E-state index contributed by atoms with van der Waals surface area (Å²) in [5, 5.41) is 3.70. The Labute approximate surface area is 148 Å². The van der Waals surface area contributed by atoms with E-state index in [2.05, 4.69) is 5.32 Å². The summed E-state index contributed by atoms with van der Waals surface area (Å²) in [4.78, 5) is 26.5. The minimum absolute atomic E-state index is 0.00753. The molecular formula is C19H26N2O4. The molecule has 0 aliphatic heterocycles. The van der Waals surface area contributed by atoms with E-state index in [-0.39, 0.29) is 29.7 Å². The predicted octanol–water partition coefficient (Wildman–Crippen LogP) is 3.13. The summed E-state index contributed by atoms with van der Waals surface area (Å²) in [6, 6.07) is 5.40. The average Bonchev–Trinajstić information content (AvgIpc) is 2.86. The van der Waals surface area contributed by atoms with E-state index in [1.54, 1.807) is 19.2 Å². The number of nitrogens with one attached hydrogen (secondary N) is 1. The first-order valence-corrected chi connectivity index (χ1v) is 8.33.